The van der Waals surface area contributed by atoms with E-state index in [1.165, 1.54) is 29.6 Å². The molecule has 0 saturated carbocycles. The topological polar surface area (TPSA) is 155 Å². The maximum atomic E-state index is 13.9. The highest BCUT2D eigenvalue weighted by molar-refractivity contribution is 7.99. The summed E-state index contributed by atoms with van der Waals surface area (Å²) in [6.45, 7) is 7.78. The van der Waals surface area contributed by atoms with Crippen LogP contribution in [0.4, 0.5) is 22.9 Å². The molecular weight excluding hydrogens is 860 g/mol. The van der Waals surface area contributed by atoms with Gasteiger partial charge in [-0.3, -0.25) is 24.6 Å². The zero-order valence-electron chi connectivity index (χ0n) is 34.9. The Morgan fingerprint density at radius 1 is 0.889 bits per heavy atom. The van der Waals surface area contributed by atoms with Crippen LogP contribution >= 0.6 is 23.4 Å². The first-order valence-corrected chi connectivity index (χ1v) is 23.7. The number of ether oxygens (including phenoxy) is 2. The van der Waals surface area contributed by atoms with Crippen LogP contribution in [0.2, 0.25) is 5.02 Å². The van der Waals surface area contributed by atoms with Gasteiger partial charge >= 0.3 is 0 Å². The van der Waals surface area contributed by atoms with Crippen LogP contribution in [0, 0.1) is 10.1 Å². The van der Waals surface area contributed by atoms with Crippen LogP contribution in [0.15, 0.2) is 125 Å². The summed E-state index contributed by atoms with van der Waals surface area (Å²) in [5.41, 5.74) is 4.94. The van der Waals surface area contributed by atoms with Gasteiger partial charge in [0.25, 0.3) is 15.7 Å². The van der Waals surface area contributed by atoms with E-state index in [-0.39, 0.29) is 28.1 Å². The molecule has 1 aromatic heterocycles. The molecule has 2 N–H and O–H groups in total. The third-order valence-electron chi connectivity index (χ3n) is 11.4. The second kappa shape index (κ2) is 20.3. The summed E-state index contributed by atoms with van der Waals surface area (Å²) in [6, 6.07) is 33.6. The van der Waals surface area contributed by atoms with Gasteiger partial charge in [0.1, 0.15) is 17.8 Å². The number of fused-ring (bicyclic) bond motifs is 1. The predicted octanol–water partition coefficient (Wildman–Crippen LogP) is 8.29. The van der Waals surface area contributed by atoms with E-state index >= 15 is 0 Å². The van der Waals surface area contributed by atoms with E-state index in [1.54, 1.807) is 18.9 Å². The molecule has 2 saturated heterocycles. The Kier molecular flexibility index (Phi) is 14.3. The van der Waals surface area contributed by atoms with Gasteiger partial charge in [-0.05, 0) is 89.8 Å². The summed E-state index contributed by atoms with van der Waals surface area (Å²) in [5.74, 6) is 1.46. The number of nitro benzene ring substituents is 1. The number of rotatable bonds is 17. The van der Waals surface area contributed by atoms with E-state index in [1.807, 2.05) is 66.7 Å². The van der Waals surface area contributed by atoms with Crippen molar-refractivity contribution >= 4 is 67.2 Å². The zero-order valence-corrected chi connectivity index (χ0v) is 37.2. The number of piperazine rings is 1. The third kappa shape index (κ3) is 11.2. The van der Waals surface area contributed by atoms with E-state index < -0.39 is 14.9 Å². The Balaban J connectivity index is 0.939. The molecule has 328 valence electrons. The van der Waals surface area contributed by atoms with Crippen LogP contribution in [0.25, 0.3) is 22.0 Å². The van der Waals surface area contributed by atoms with Gasteiger partial charge < -0.3 is 19.7 Å². The SMILES string of the molecule is COc1ccc(SC[C@@H](CCN2CCOCC2)Nc2ccc(S(=O)(=O)Nc3ncnc4cc(N5CCN(Cc6cc(Cl)ccc6-c6ccccc6)CC5)ccc34)cc2[N+](=O)[O-])cc1. The van der Waals surface area contributed by atoms with Gasteiger partial charge in [-0.15, -0.1) is 11.8 Å². The maximum absolute atomic E-state index is 13.9. The summed E-state index contributed by atoms with van der Waals surface area (Å²) in [6.07, 6.45) is 2.02. The first-order valence-electron chi connectivity index (χ1n) is 20.8. The van der Waals surface area contributed by atoms with Crippen LogP contribution in [0.3, 0.4) is 0 Å². The molecule has 2 aliphatic rings. The highest BCUT2D eigenvalue weighted by Crippen LogP contribution is 2.33. The number of methoxy groups -OCH3 is 1. The van der Waals surface area contributed by atoms with Crippen molar-refractivity contribution in [1.29, 1.82) is 0 Å². The minimum atomic E-state index is -4.30. The summed E-state index contributed by atoms with van der Waals surface area (Å²) in [7, 11) is -2.68. The van der Waals surface area contributed by atoms with Crippen molar-refractivity contribution in [3.8, 4) is 16.9 Å². The van der Waals surface area contributed by atoms with Gasteiger partial charge in [0, 0.05) is 91.2 Å². The maximum Gasteiger partial charge on any atom is 0.293 e. The Labute approximate surface area is 376 Å². The average Bonchev–Trinajstić information content (AvgIpc) is 3.31. The lowest BCUT2D eigenvalue weighted by atomic mass is 9.99. The number of halogens is 1. The van der Waals surface area contributed by atoms with Crippen molar-refractivity contribution in [3.63, 3.8) is 0 Å². The summed E-state index contributed by atoms with van der Waals surface area (Å²) >= 11 is 8.07. The number of sulfonamides is 1. The van der Waals surface area contributed by atoms with Crippen LogP contribution in [0.1, 0.15) is 12.0 Å². The summed E-state index contributed by atoms with van der Waals surface area (Å²) in [5, 5.41) is 17.1. The lowest BCUT2D eigenvalue weighted by Crippen LogP contribution is -2.46. The quantitative estimate of drug-likeness (QED) is 0.0513. The molecule has 1 atom stereocenters. The molecule has 8 rings (SSSR count). The molecule has 2 aliphatic heterocycles. The first kappa shape index (κ1) is 44.1. The normalized spacial score (nSPS) is 15.6. The number of anilines is 3. The van der Waals surface area contributed by atoms with E-state index in [0.717, 1.165) is 80.3 Å². The minimum Gasteiger partial charge on any atom is -0.497 e. The Hall–Kier alpha value is -5.49. The fraction of sp³-hybridized carbons (Fsp3) is 0.304. The monoisotopic (exact) mass is 908 g/mol. The van der Waals surface area contributed by atoms with Gasteiger partial charge in [0.05, 0.1) is 35.7 Å². The van der Waals surface area contributed by atoms with E-state index in [9.17, 15) is 18.5 Å². The second-order valence-corrected chi connectivity index (χ2v) is 18.7. The fourth-order valence-electron chi connectivity index (χ4n) is 7.91. The molecule has 17 heteroatoms. The highest BCUT2D eigenvalue weighted by Gasteiger charge is 2.26. The molecule has 2 fully saturated rings. The number of aromatic nitrogens is 2. The van der Waals surface area contributed by atoms with Crippen molar-refractivity contribution in [3.05, 3.63) is 136 Å². The van der Waals surface area contributed by atoms with Crippen LogP contribution in [-0.4, -0.2) is 111 Å². The summed E-state index contributed by atoms with van der Waals surface area (Å²) in [4.78, 5) is 28.5. The molecule has 0 spiro atoms. The number of hydrogen-bond acceptors (Lipinski definition) is 13. The van der Waals surface area contributed by atoms with Gasteiger partial charge in [-0.1, -0.05) is 48.0 Å². The van der Waals surface area contributed by atoms with E-state index in [2.05, 4.69) is 59.0 Å². The van der Waals surface area contributed by atoms with Crippen molar-refractivity contribution in [2.75, 3.05) is 86.8 Å². The van der Waals surface area contributed by atoms with Crippen LogP contribution in [-0.2, 0) is 21.3 Å². The smallest absolute Gasteiger partial charge is 0.293 e. The van der Waals surface area contributed by atoms with Gasteiger partial charge in [0.2, 0.25) is 0 Å². The number of benzene rings is 5. The number of nitrogens with zero attached hydrogens (tertiary/aromatic N) is 6. The molecule has 3 heterocycles. The molecule has 6 aromatic rings. The molecule has 63 heavy (non-hydrogen) atoms. The number of hydrogen-bond donors (Lipinski definition) is 2. The Morgan fingerprint density at radius 2 is 1.67 bits per heavy atom. The molecule has 0 radical (unpaired) electrons. The Morgan fingerprint density at radius 3 is 2.41 bits per heavy atom. The standard InChI is InChI=1S/C46H49ClN8O6S2/c1-60-38-9-11-39(12-10-38)62-31-36(17-18-52-23-25-61-26-24-52)50-43-16-13-40(29-45(43)55(56)57)63(58,59)51-46-42-15-8-37(28-44(42)48-32-49-46)54-21-19-53(20-22-54)30-34-27-35(47)7-14-41(34)33-5-3-2-4-6-33/h2-16,27-29,32,36,50H,17-26,30-31H2,1H3,(H,48,49,51)/t36-/m1/s1. The Bertz CT molecular complexity index is 2630. The molecule has 5 aromatic carbocycles. The van der Waals surface area contributed by atoms with Crippen LogP contribution in [0.5, 0.6) is 5.75 Å². The lowest BCUT2D eigenvalue weighted by Gasteiger charge is -2.36. The highest BCUT2D eigenvalue weighted by atomic mass is 35.5. The van der Waals surface area contributed by atoms with E-state index in [4.69, 9.17) is 21.1 Å². The average molecular weight is 910 g/mol. The van der Waals surface area contributed by atoms with Crippen molar-refractivity contribution in [1.82, 2.24) is 19.8 Å². The number of morpholine rings is 1. The summed E-state index contributed by atoms with van der Waals surface area (Å²) < 4.78 is 41.1. The molecule has 0 bridgehead atoms. The number of nitrogens with one attached hydrogen (secondary N) is 2. The molecule has 0 aliphatic carbocycles. The zero-order chi connectivity index (χ0) is 43.8. The van der Waals surface area contributed by atoms with Gasteiger partial charge in [-0.25, -0.2) is 18.4 Å². The van der Waals surface area contributed by atoms with Crippen molar-refractivity contribution in [2.24, 2.45) is 0 Å². The molecule has 0 amide bonds. The second-order valence-electron chi connectivity index (χ2n) is 15.5. The van der Waals surface area contributed by atoms with Gasteiger partial charge in [-0.2, -0.15) is 0 Å². The lowest BCUT2D eigenvalue weighted by molar-refractivity contribution is -0.384. The molecular formula is C46H49ClN8O6S2. The minimum absolute atomic E-state index is 0.0794. The molecule has 0 unspecified atom stereocenters. The number of thioether (sulfide) groups is 1. The molecule has 14 nitrogen and oxygen atoms in total. The largest absolute Gasteiger partial charge is 0.497 e. The van der Waals surface area contributed by atoms with Crippen molar-refractivity contribution < 1.29 is 22.8 Å². The van der Waals surface area contributed by atoms with Crippen molar-refractivity contribution in [2.45, 2.75) is 28.8 Å². The third-order valence-corrected chi connectivity index (χ3v) is 14.1. The number of nitro groups is 1. The fourth-order valence-corrected chi connectivity index (χ4v) is 10.1. The first-order chi connectivity index (χ1) is 30.6. The van der Waals surface area contributed by atoms with Crippen LogP contribution < -0.4 is 19.7 Å². The van der Waals surface area contributed by atoms with Gasteiger partial charge in [0.15, 0.2) is 5.82 Å². The predicted molar refractivity (Wildman–Crippen MR) is 251 cm³/mol. The van der Waals surface area contributed by atoms with E-state index in [0.29, 0.717) is 41.3 Å².